The molecule has 1 fully saturated rings. The van der Waals surface area contributed by atoms with Crippen LogP contribution in [0.15, 0.2) is 53.0 Å². The molecule has 2 N–H and O–H groups in total. The molecule has 3 rings (SSSR count). The smallest absolute Gasteiger partial charge is 0.124 e. The van der Waals surface area contributed by atoms with Crippen LogP contribution in [-0.4, -0.2) is 24.0 Å². The summed E-state index contributed by atoms with van der Waals surface area (Å²) < 4.78 is 14.2. The van der Waals surface area contributed by atoms with Gasteiger partial charge in [-0.15, -0.1) is 0 Å². The van der Waals surface area contributed by atoms with Gasteiger partial charge in [0.25, 0.3) is 0 Å². The quantitative estimate of drug-likeness (QED) is 0.919. The van der Waals surface area contributed by atoms with Crippen molar-refractivity contribution in [1.82, 2.24) is 4.90 Å². The standard InChI is InChI=1S/C17H18BrFN2/c18-14-6-12(7-15(19)8-14)9-21-10-16(17(20)11-21)13-4-2-1-3-5-13/h1-8,16-17H,9-11,20H2/t16-,17+/m0/s1. The minimum Gasteiger partial charge on any atom is -0.326 e. The molecule has 4 heteroatoms. The van der Waals surface area contributed by atoms with Gasteiger partial charge in [0.15, 0.2) is 0 Å². The van der Waals surface area contributed by atoms with Crippen LogP contribution in [0, 0.1) is 5.82 Å². The van der Waals surface area contributed by atoms with Crippen LogP contribution in [0.1, 0.15) is 17.0 Å². The molecular formula is C17H18BrFN2. The fourth-order valence-corrected chi connectivity index (χ4v) is 3.57. The SMILES string of the molecule is N[C@@H]1CN(Cc2cc(F)cc(Br)c2)C[C@H]1c1ccccc1. The highest BCUT2D eigenvalue weighted by Gasteiger charge is 2.31. The van der Waals surface area contributed by atoms with E-state index in [4.69, 9.17) is 5.73 Å². The number of nitrogens with two attached hydrogens (primary N) is 1. The first-order valence-electron chi connectivity index (χ1n) is 7.09. The zero-order valence-corrected chi connectivity index (χ0v) is 13.3. The average molecular weight is 349 g/mol. The number of likely N-dealkylation sites (tertiary alicyclic amines) is 1. The maximum atomic E-state index is 13.4. The minimum atomic E-state index is -0.206. The number of halogens is 2. The summed E-state index contributed by atoms with van der Waals surface area (Å²) in [6.07, 6.45) is 0. The van der Waals surface area contributed by atoms with Crippen molar-refractivity contribution in [2.75, 3.05) is 13.1 Å². The highest BCUT2D eigenvalue weighted by molar-refractivity contribution is 9.10. The summed E-state index contributed by atoms with van der Waals surface area (Å²) in [4.78, 5) is 2.30. The molecule has 0 radical (unpaired) electrons. The summed E-state index contributed by atoms with van der Waals surface area (Å²) in [6, 6.07) is 15.5. The Hall–Kier alpha value is -1.23. The highest BCUT2D eigenvalue weighted by Crippen LogP contribution is 2.28. The van der Waals surface area contributed by atoms with Crippen molar-refractivity contribution in [3.63, 3.8) is 0 Å². The van der Waals surface area contributed by atoms with Gasteiger partial charge in [0.2, 0.25) is 0 Å². The molecule has 0 aromatic heterocycles. The lowest BCUT2D eigenvalue weighted by atomic mass is 9.95. The molecule has 110 valence electrons. The maximum absolute atomic E-state index is 13.4. The Morgan fingerprint density at radius 2 is 1.90 bits per heavy atom. The summed E-state index contributed by atoms with van der Waals surface area (Å²) in [5.41, 5.74) is 8.55. The van der Waals surface area contributed by atoms with E-state index in [1.165, 1.54) is 11.6 Å². The highest BCUT2D eigenvalue weighted by atomic mass is 79.9. The third-order valence-electron chi connectivity index (χ3n) is 4.00. The molecule has 2 aromatic carbocycles. The molecule has 0 unspecified atom stereocenters. The molecular weight excluding hydrogens is 331 g/mol. The van der Waals surface area contributed by atoms with E-state index >= 15 is 0 Å². The van der Waals surface area contributed by atoms with E-state index in [2.05, 4.69) is 33.0 Å². The van der Waals surface area contributed by atoms with Crippen LogP contribution < -0.4 is 5.73 Å². The Bertz CT molecular complexity index is 597. The Kier molecular flexibility index (Phi) is 4.38. The van der Waals surface area contributed by atoms with Crippen molar-refractivity contribution in [1.29, 1.82) is 0 Å². The maximum Gasteiger partial charge on any atom is 0.124 e. The normalized spacial score (nSPS) is 22.6. The molecule has 0 amide bonds. The Morgan fingerprint density at radius 3 is 2.62 bits per heavy atom. The van der Waals surface area contributed by atoms with Gasteiger partial charge >= 0.3 is 0 Å². The van der Waals surface area contributed by atoms with Crippen LogP contribution in [0.5, 0.6) is 0 Å². The predicted molar refractivity (Wildman–Crippen MR) is 86.5 cm³/mol. The van der Waals surface area contributed by atoms with Gasteiger partial charge in [0, 0.05) is 36.1 Å². The van der Waals surface area contributed by atoms with Crippen molar-refractivity contribution in [3.05, 3.63) is 69.9 Å². The fraction of sp³-hybridized carbons (Fsp3) is 0.294. The summed E-state index contributed by atoms with van der Waals surface area (Å²) in [5.74, 6) is 0.144. The van der Waals surface area contributed by atoms with E-state index in [1.54, 1.807) is 6.07 Å². The van der Waals surface area contributed by atoms with Gasteiger partial charge in [-0.05, 0) is 29.3 Å². The lowest BCUT2D eigenvalue weighted by Gasteiger charge is -2.16. The van der Waals surface area contributed by atoms with Crippen molar-refractivity contribution in [2.24, 2.45) is 5.73 Å². The second-order valence-electron chi connectivity index (χ2n) is 5.65. The summed E-state index contributed by atoms with van der Waals surface area (Å²) in [5, 5.41) is 0. The van der Waals surface area contributed by atoms with Crippen LogP contribution in [0.2, 0.25) is 0 Å². The summed E-state index contributed by atoms with van der Waals surface area (Å²) >= 11 is 3.34. The van der Waals surface area contributed by atoms with Crippen LogP contribution in [0.3, 0.4) is 0 Å². The van der Waals surface area contributed by atoms with Crippen LogP contribution in [-0.2, 0) is 6.54 Å². The Balaban J connectivity index is 1.71. The van der Waals surface area contributed by atoms with Crippen LogP contribution in [0.25, 0.3) is 0 Å². The first kappa shape index (κ1) is 14.7. The topological polar surface area (TPSA) is 29.3 Å². The molecule has 2 aromatic rings. The first-order chi connectivity index (χ1) is 10.1. The van der Waals surface area contributed by atoms with Crippen molar-refractivity contribution >= 4 is 15.9 Å². The van der Waals surface area contributed by atoms with E-state index < -0.39 is 0 Å². The van der Waals surface area contributed by atoms with E-state index in [0.29, 0.717) is 5.92 Å². The van der Waals surface area contributed by atoms with E-state index in [0.717, 1.165) is 29.7 Å². The molecule has 2 atom stereocenters. The Morgan fingerprint density at radius 1 is 1.14 bits per heavy atom. The Labute approximate surface area is 132 Å². The molecule has 0 aliphatic carbocycles. The zero-order chi connectivity index (χ0) is 14.8. The second-order valence-corrected chi connectivity index (χ2v) is 6.57. The van der Waals surface area contributed by atoms with Gasteiger partial charge in [-0.25, -0.2) is 4.39 Å². The molecule has 1 aliphatic heterocycles. The number of rotatable bonds is 3. The predicted octanol–water partition coefficient (Wildman–Crippen LogP) is 3.51. The molecule has 1 aliphatic rings. The fourth-order valence-electron chi connectivity index (χ4n) is 3.06. The largest absolute Gasteiger partial charge is 0.326 e. The number of benzene rings is 2. The van der Waals surface area contributed by atoms with Crippen molar-refractivity contribution in [2.45, 2.75) is 18.5 Å². The third kappa shape index (κ3) is 3.51. The molecule has 1 saturated heterocycles. The molecule has 0 saturated carbocycles. The lowest BCUT2D eigenvalue weighted by molar-refractivity contribution is 0.323. The van der Waals surface area contributed by atoms with Gasteiger partial charge < -0.3 is 5.73 Å². The number of hydrogen-bond donors (Lipinski definition) is 1. The molecule has 0 spiro atoms. The molecule has 2 nitrogen and oxygen atoms in total. The molecule has 21 heavy (non-hydrogen) atoms. The van der Waals surface area contributed by atoms with Crippen LogP contribution >= 0.6 is 15.9 Å². The van der Waals surface area contributed by atoms with E-state index in [9.17, 15) is 4.39 Å². The molecule has 0 bridgehead atoms. The van der Waals surface area contributed by atoms with Gasteiger partial charge in [-0.1, -0.05) is 46.3 Å². The first-order valence-corrected chi connectivity index (χ1v) is 7.89. The van der Waals surface area contributed by atoms with Gasteiger partial charge in [0.05, 0.1) is 0 Å². The van der Waals surface area contributed by atoms with Crippen molar-refractivity contribution in [3.8, 4) is 0 Å². The van der Waals surface area contributed by atoms with Gasteiger partial charge in [0.1, 0.15) is 5.82 Å². The summed E-state index contributed by atoms with van der Waals surface area (Å²) in [6.45, 7) is 2.49. The van der Waals surface area contributed by atoms with E-state index in [-0.39, 0.29) is 11.9 Å². The number of nitrogens with zero attached hydrogens (tertiary/aromatic N) is 1. The van der Waals surface area contributed by atoms with E-state index in [1.807, 2.05) is 24.3 Å². The second kappa shape index (κ2) is 6.26. The average Bonchev–Trinajstić information content (AvgIpc) is 2.79. The zero-order valence-electron chi connectivity index (χ0n) is 11.7. The minimum absolute atomic E-state index is 0.129. The lowest BCUT2D eigenvalue weighted by Crippen LogP contribution is -2.28. The van der Waals surface area contributed by atoms with Crippen molar-refractivity contribution < 1.29 is 4.39 Å². The molecule has 1 heterocycles. The number of hydrogen-bond acceptors (Lipinski definition) is 2. The summed E-state index contributed by atoms with van der Waals surface area (Å²) in [7, 11) is 0. The third-order valence-corrected chi connectivity index (χ3v) is 4.45. The van der Waals surface area contributed by atoms with Gasteiger partial charge in [-0.3, -0.25) is 4.90 Å². The monoisotopic (exact) mass is 348 g/mol. The van der Waals surface area contributed by atoms with Crippen LogP contribution in [0.4, 0.5) is 4.39 Å². The van der Waals surface area contributed by atoms with Gasteiger partial charge in [-0.2, -0.15) is 0 Å².